The number of carbonyl (C=O) groups is 1. The normalized spacial score (nSPS) is 18.3. The van der Waals surface area contributed by atoms with E-state index in [2.05, 4.69) is 10.3 Å². The third-order valence-electron chi connectivity index (χ3n) is 5.55. The number of hydrogen-bond donors (Lipinski definition) is 3. The molecule has 2 heterocycles. The summed E-state index contributed by atoms with van der Waals surface area (Å²) in [4.78, 5) is 23.4. The molecule has 0 unspecified atom stereocenters. The van der Waals surface area contributed by atoms with Gasteiger partial charge in [0.1, 0.15) is 11.4 Å². The number of aryl methyl sites for hydroxylation is 1. The van der Waals surface area contributed by atoms with Crippen LogP contribution in [0.2, 0.25) is 0 Å². The molecule has 0 radical (unpaired) electrons. The van der Waals surface area contributed by atoms with Crippen LogP contribution in [0.25, 0.3) is 0 Å². The lowest BCUT2D eigenvalue weighted by Crippen LogP contribution is -2.58. The van der Waals surface area contributed by atoms with Gasteiger partial charge in [-0.3, -0.25) is 9.69 Å². The van der Waals surface area contributed by atoms with Crippen LogP contribution in [0.4, 0.5) is 5.69 Å². The zero-order valence-corrected chi connectivity index (χ0v) is 16.5. The van der Waals surface area contributed by atoms with Crippen molar-refractivity contribution in [3.8, 4) is 0 Å². The van der Waals surface area contributed by atoms with Gasteiger partial charge < -0.3 is 21.2 Å². The third kappa shape index (κ3) is 3.70. The summed E-state index contributed by atoms with van der Waals surface area (Å²) in [5, 5.41) is 2.87. The van der Waals surface area contributed by atoms with E-state index in [4.69, 9.17) is 20.9 Å². The first-order valence-electron chi connectivity index (χ1n) is 9.89. The monoisotopic (exact) mass is 394 g/mol. The van der Waals surface area contributed by atoms with Gasteiger partial charge in [-0.05, 0) is 68.5 Å². The smallest absolute Gasteiger partial charge is 0.251 e. The molecule has 1 spiro atoms. The second-order valence-corrected chi connectivity index (χ2v) is 7.58. The predicted octanol–water partition coefficient (Wildman–Crippen LogP) is 2.63. The van der Waals surface area contributed by atoms with Gasteiger partial charge in [-0.1, -0.05) is 6.42 Å². The van der Waals surface area contributed by atoms with Crippen molar-refractivity contribution >= 4 is 23.5 Å². The van der Waals surface area contributed by atoms with Gasteiger partial charge in [0.05, 0.1) is 12.8 Å². The van der Waals surface area contributed by atoms with Crippen LogP contribution in [-0.4, -0.2) is 23.5 Å². The molecule has 29 heavy (non-hydrogen) atoms. The molecule has 0 bridgehead atoms. The van der Waals surface area contributed by atoms with E-state index >= 15 is 0 Å². The Bertz CT molecular complexity index is 958. The van der Waals surface area contributed by atoms with Crippen molar-refractivity contribution in [3.05, 3.63) is 53.5 Å². The summed E-state index contributed by atoms with van der Waals surface area (Å²) in [5.74, 6) is 1.12. The van der Waals surface area contributed by atoms with Gasteiger partial charge in [-0.15, -0.1) is 0 Å². The fraction of sp³-hybridized carbons (Fsp3) is 0.381. The Morgan fingerprint density at radius 1 is 1.24 bits per heavy atom. The molecule has 1 aromatic heterocycles. The number of nitrogens with zero attached hydrogens (tertiary/aromatic N) is 3. The second kappa shape index (κ2) is 7.62. The standard InChI is InChI=1S/C21H26N6O2/c1-14-12-15(18(28)24-13-16-6-5-11-29-16)7-8-17(14)27-20(23)25-19(22)26-21(27)9-3-2-4-10-21/h5-8,11-12H,2-4,9-10,13H2,1H3,(H,24,28)(H4,22,23,25,26). The molecule has 1 saturated carbocycles. The Hall–Kier alpha value is -3.29. The molecule has 1 aliphatic heterocycles. The molecular formula is C21H26N6O2. The molecule has 2 aliphatic rings. The Morgan fingerprint density at radius 2 is 2.03 bits per heavy atom. The lowest BCUT2D eigenvalue weighted by Gasteiger charge is -2.46. The molecule has 4 rings (SSSR count). The van der Waals surface area contributed by atoms with Gasteiger partial charge in [-0.25, -0.2) is 4.99 Å². The van der Waals surface area contributed by atoms with Crippen LogP contribution in [0.5, 0.6) is 0 Å². The minimum absolute atomic E-state index is 0.161. The highest BCUT2D eigenvalue weighted by Gasteiger charge is 2.43. The highest BCUT2D eigenvalue weighted by molar-refractivity contribution is 6.06. The third-order valence-corrected chi connectivity index (χ3v) is 5.55. The van der Waals surface area contributed by atoms with Crippen LogP contribution in [0, 0.1) is 6.92 Å². The van der Waals surface area contributed by atoms with E-state index in [0.717, 1.165) is 36.9 Å². The minimum atomic E-state index is -0.498. The van der Waals surface area contributed by atoms with Crippen LogP contribution < -0.4 is 21.7 Å². The van der Waals surface area contributed by atoms with Crippen LogP contribution >= 0.6 is 0 Å². The number of rotatable bonds is 4. The van der Waals surface area contributed by atoms with Crippen molar-refractivity contribution < 1.29 is 9.21 Å². The van der Waals surface area contributed by atoms with Crippen LogP contribution in [0.15, 0.2) is 51.0 Å². The Kier molecular flexibility index (Phi) is 5.00. The summed E-state index contributed by atoms with van der Waals surface area (Å²) in [6, 6.07) is 9.18. The zero-order valence-electron chi connectivity index (χ0n) is 16.5. The van der Waals surface area contributed by atoms with Gasteiger partial charge in [0, 0.05) is 11.3 Å². The molecule has 8 heteroatoms. The summed E-state index contributed by atoms with van der Waals surface area (Å²) >= 11 is 0. The molecule has 0 atom stereocenters. The fourth-order valence-corrected chi connectivity index (χ4v) is 4.20. The average molecular weight is 394 g/mol. The maximum atomic E-state index is 12.5. The number of guanidine groups is 2. The number of aliphatic imine (C=N–C) groups is 2. The summed E-state index contributed by atoms with van der Waals surface area (Å²) in [6.45, 7) is 2.31. The van der Waals surface area contributed by atoms with Gasteiger partial charge >= 0.3 is 0 Å². The molecule has 5 N–H and O–H groups in total. The first kappa shape index (κ1) is 19.0. The largest absolute Gasteiger partial charge is 0.467 e. The molecule has 1 aromatic carbocycles. The van der Waals surface area contributed by atoms with Crippen LogP contribution in [-0.2, 0) is 6.54 Å². The lowest BCUT2D eigenvalue weighted by molar-refractivity contribution is 0.0948. The number of carbonyl (C=O) groups excluding carboxylic acids is 1. The Morgan fingerprint density at radius 3 is 2.72 bits per heavy atom. The van der Waals surface area contributed by atoms with Crippen LogP contribution in [0.1, 0.15) is 53.8 Å². The van der Waals surface area contributed by atoms with Gasteiger partial charge in [0.15, 0.2) is 0 Å². The number of nitrogens with two attached hydrogens (primary N) is 2. The van der Waals surface area contributed by atoms with E-state index in [9.17, 15) is 4.79 Å². The number of hydrogen-bond acceptors (Lipinski definition) is 7. The minimum Gasteiger partial charge on any atom is -0.467 e. The second-order valence-electron chi connectivity index (χ2n) is 7.58. The van der Waals surface area contributed by atoms with Crippen molar-refractivity contribution in [2.24, 2.45) is 21.5 Å². The number of anilines is 1. The quantitative estimate of drug-likeness (QED) is 0.736. The lowest BCUT2D eigenvalue weighted by atomic mass is 9.87. The summed E-state index contributed by atoms with van der Waals surface area (Å²) in [6.07, 6.45) is 6.63. The van der Waals surface area contributed by atoms with Crippen molar-refractivity contribution in [2.75, 3.05) is 4.90 Å². The first-order valence-corrected chi connectivity index (χ1v) is 9.89. The SMILES string of the molecule is Cc1cc(C(=O)NCc2ccco2)ccc1N1C(N)=NC(N)=NC12CCCCC2. The average Bonchev–Trinajstić information content (AvgIpc) is 3.21. The number of benzene rings is 1. The van der Waals surface area contributed by atoms with Crippen LogP contribution in [0.3, 0.4) is 0 Å². The Balaban J connectivity index is 1.59. The molecule has 1 aliphatic carbocycles. The zero-order chi connectivity index (χ0) is 20.4. The van der Waals surface area contributed by atoms with Crippen molar-refractivity contribution in [1.82, 2.24) is 5.32 Å². The Labute approximate surface area is 169 Å². The van der Waals surface area contributed by atoms with Gasteiger partial charge in [-0.2, -0.15) is 4.99 Å². The predicted molar refractivity (Wildman–Crippen MR) is 113 cm³/mol. The molecule has 0 saturated heterocycles. The van der Waals surface area contributed by atoms with Gasteiger partial charge in [0.2, 0.25) is 11.9 Å². The highest BCUT2D eigenvalue weighted by atomic mass is 16.3. The maximum Gasteiger partial charge on any atom is 0.251 e. The van der Waals surface area contributed by atoms with E-state index in [0.29, 0.717) is 23.8 Å². The number of furan rings is 1. The summed E-state index contributed by atoms with van der Waals surface area (Å²) in [7, 11) is 0. The van der Waals surface area contributed by atoms with Crippen molar-refractivity contribution in [2.45, 2.75) is 51.2 Å². The molecular weight excluding hydrogens is 368 g/mol. The number of nitrogens with one attached hydrogen (secondary N) is 1. The van der Waals surface area contributed by atoms with E-state index in [-0.39, 0.29) is 11.9 Å². The van der Waals surface area contributed by atoms with E-state index in [1.165, 1.54) is 6.42 Å². The summed E-state index contributed by atoms with van der Waals surface area (Å²) in [5.41, 5.74) is 14.1. The molecule has 8 nitrogen and oxygen atoms in total. The van der Waals surface area contributed by atoms with Crippen molar-refractivity contribution in [3.63, 3.8) is 0 Å². The number of amides is 1. The first-order chi connectivity index (χ1) is 14.0. The van der Waals surface area contributed by atoms with E-state index < -0.39 is 5.66 Å². The van der Waals surface area contributed by atoms with E-state index in [1.807, 2.05) is 30.0 Å². The van der Waals surface area contributed by atoms with Gasteiger partial charge in [0.25, 0.3) is 5.91 Å². The topological polar surface area (TPSA) is 122 Å². The highest BCUT2D eigenvalue weighted by Crippen LogP contribution is 2.40. The molecule has 1 amide bonds. The summed E-state index contributed by atoms with van der Waals surface area (Å²) < 4.78 is 5.26. The fourth-order valence-electron chi connectivity index (χ4n) is 4.20. The molecule has 1 fully saturated rings. The van der Waals surface area contributed by atoms with E-state index in [1.54, 1.807) is 18.4 Å². The molecule has 2 aromatic rings. The van der Waals surface area contributed by atoms with Crippen molar-refractivity contribution in [1.29, 1.82) is 0 Å². The maximum absolute atomic E-state index is 12.5. The molecule has 152 valence electrons.